The van der Waals surface area contributed by atoms with Gasteiger partial charge in [-0.3, -0.25) is 0 Å². The highest BCUT2D eigenvalue weighted by Gasteiger charge is 2.11. The highest BCUT2D eigenvalue weighted by Crippen LogP contribution is 2.21. The number of benzene rings is 1. The van der Waals surface area contributed by atoms with Crippen LogP contribution in [-0.2, 0) is 0 Å². The molecular formula is C16H28N2. The average molecular weight is 248 g/mol. The molecule has 0 aliphatic carbocycles. The Morgan fingerprint density at radius 3 is 2.06 bits per heavy atom. The summed E-state index contributed by atoms with van der Waals surface area (Å²) < 4.78 is 0. The maximum atomic E-state index is 3.44. The Hall–Kier alpha value is -1.02. The number of nitrogens with zero attached hydrogens (tertiary/aromatic N) is 1. The smallest absolute Gasteiger partial charge is 0.0366 e. The normalized spacial score (nSPS) is 12.8. The van der Waals surface area contributed by atoms with Crippen LogP contribution in [-0.4, -0.2) is 19.6 Å². The second-order valence-electron chi connectivity index (χ2n) is 4.95. The van der Waals surface area contributed by atoms with Gasteiger partial charge in [0.1, 0.15) is 0 Å². The summed E-state index contributed by atoms with van der Waals surface area (Å²) in [5.41, 5.74) is 2.68. The van der Waals surface area contributed by atoms with Gasteiger partial charge in [0.2, 0.25) is 0 Å². The van der Waals surface area contributed by atoms with Gasteiger partial charge in [0, 0.05) is 24.8 Å². The third-order valence-corrected chi connectivity index (χ3v) is 3.80. The molecule has 1 atom stereocenters. The van der Waals surface area contributed by atoms with E-state index in [9.17, 15) is 0 Å². The first-order valence-electron chi connectivity index (χ1n) is 7.20. The van der Waals surface area contributed by atoms with E-state index in [2.05, 4.69) is 69.2 Å². The van der Waals surface area contributed by atoms with E-state index >= 15 is 0 Å². The Morgan fingerprint density at radius 1 is 1.06 bits per heavy atom. The summed E-state index contributed by atoms with van der Waals surface area (Å²) in [5, 5.41) is 3.44. The summed E-state index contributed by atoms with van der Waals surface area (Å²) in [5.74, 6) is 0. The van der Waals surface area contributed by atoms with E-state index < -0.39 is 0 Å². The lowest BCUT2D eigenvalue weighted by atomic mass is 10.1. The van der Waals surface area contributed by atoms with Crippen LogP contribution in [0.2, 0.25) is 0 Å². The van der Waals surface area contributed by atoms with E-state index in [1.54, 1.807) is 0 Å². The largest absolute Gasteiger partial charge is 0.372 e. The van der Waals surface area contributed by atoms with Gasteiger partial charge in [-0.05, 0) is 44.0 Å². The zero-order valence-electron chi connectivity index (χ0n) is 12.5. The third-order valence-electron chi connectivity index (χ3n) is 3.80. The van der Waals surface area contributed by atoms with Crippen molar-refractivity contribution >= 4 is 5.69 Å². The minimum Gasteiger partial charge on any atom is -0.372 e. The van der Waals surface area contributed by atoms with E-state index in [0.29, 0.717) is 12.1 Å². The zero-order valence-corrected chi connectivity index (χ0v) is 12.5. The fourth-order valence-electron chi connectivity index (χ4n) is 2.47. The Bertz CT molecular complexity index is 327. The lowest BCUT2D eigenvalue weighted by Crippen LogP contribution is -2.30. The van der Waals surface area contributed by atoms with Crippen molar-refractivity contribution in [2.45, 2.75) is 52.6 Å². The van der Waals surface area contributed by atoms with Crippen molar-refractivity contribution in [2.75, 3.05) is 18.5 Å². The molecular weight excluding hydrogens is 220 g/mol. The molecule has 0 saturated heterocycles. The van der Waals surface area contributed by atoms with Crippen LogP contribution in [0.3, 0.4) is 0 Å². The molecule has 0 aromatic heterocycles. The van der Waals surface area contributed by atoms with E-state index in [1.807, 2.05) is 0 Å². The Labute approximate surface area is 112 Å². The van der Waals surface area contributed by atoms with Crippen LogP contribution in [0.5, 0.6) is 0 Å². The Balaban J connectivity index is 2.75. The average Bonchev–Trinajstić information content (AvgIpc) is 2.40. The van der Waals surface area contributed by atoms with Gasteiger partial charge < -0.3 is 10.2 Å². The highest BCUT2D eigenvalue weighted by molar-refractivity contribution is 5.48. The van der Waals surface area contributed by atoms with Gasteiger partial charge in [-0.25, -0.2) is 0 Å². The molecule has 18 heavy (non-hydrogen) atoms. The number of rotatable bonds is 7. The van der Waals surface area contributed by atoms with E-state index in [4.69, 9.17) is 0 Å². The second kappa shape index (κ2) is 7.42. The van der Waals surface area contributed by atoms with Gasteiger partial charge >= 0.3 is 0 Å². The van der Waals surface area contributed by atoms with Crippen LogP contribution >= 0.6 is 0 Å². The molecule has 2 nitrogen and oxygen atoms in total. The first-order valence-corrected chi connectivity index (χ1v) is 7.20. The molecule has 102 valence electrons. The van der Waals surface area contributed by atoms with E-state index in [0.717, 1.165) is 6.54 Å². The van der Waals surface area contributed by atoms with Crippen molar-refractivity contribution in [1.29, 1.82) is 0 Å². The molecule has 0 bridgehead atoms. The molecule has 0 heterocycles. The zero-order chi connectivity index (χ0) is 13.5. The molecule has 0 aliphatic rings. The summed E-state index contributed by atoms with van der Waals surface area (Å²) >= 11 is 0. The molecule has 0 amide bonds. The van der Waals surface area contributed by atoms with Crippen LogP contribution in [0.15, 0.2) is 24.3 Å². The van der Waals surface area contributed by atoms with Crippen LogP contribution < -0.4 is 10.2 Å². The molecule has 0 aliphatic heterocycles. The van der Waals surface area contributed by atoms with Gasteiger partial charge in [-0.2, -0.15) is 0 Å². The molecule has 2 heteroatoms. The highest BCUT2D eigenvalue weighted by atomic mass is 15.1. The van der Waals surface area contributed by atoms with Crippen molar-refractivity contribution in [1.82, 2.24) is 5.32 Å². The fraction of sp³-hybridized carbons (Fsp3) is 0.625. The molecule has 1 rings (SSSR count). The molecule has 1 aromatic rings. The Kier molecular flexibility index (Phi) is 6.20. The number of hydrogen-bond donors (Lipinski definition) is 1. The quantitative estimate of drug-likeness (QED) is 0.785. The first-order chi connectivity index (χ1) is 8.63. The molecule has 1 aromatic carbocycles. The molecule has 0 fully saturated rings. The van der Waals surface area contributed by atoms with Crippen molar-refractivity contribution in [2.24, 2.45) is 0 Å². The fourth-order valence-corrected chi connectivity index (χ4v) is 2.47. The van der Waals surface area contributed by atoms with E-state index in [-0.39, 0.29) is 0 Å². The first kappa shape index (κ1) is 15.0. The molecule has 1 N–H and O–H groups in total. The van der Waals surface area contributed by atoms with Crippen LogP contribution in [0.4, 0.5) is 5.69 Å². The van der Waals surface area contributed by atoms with Crippen molar-refractivity contribution in [3.8, 4) is 0 Å². The predicted octanol–water partition coefficient (Wildman–Crippen LogP) is 3.98. The Morgan fingerprint density at radius 2 is 1.61 bits per heavy atom. The summed E-state index contributed by atoms with van der Waals surface area (Å²) in [6.45, 7) is 9.88. The van der Waals surface area contributed by atoms with Crippen LogP contribution in [0, 0.1) is 0 Å². The van der Waals surface area contributed by atoms with Crippen molar-refractivity contribution in [3.05, 3.63) is 29.8 Å². The van der Waals surface area contributed by atoms with Gasteiger partial charge in [-0.15, -0.1) is 0 Å². The van der Waals surface area contributed by atoms with E-state index in [1.165, 1.54) is 24.1 Å². The minimum atomic E-state index is 0.433. The second-order valence-corrected chi connectivity index (χ2v) is 4.95. The molecule has 1 unspecified atom stereocenters. The lowest BCUT2D eigenvalue weighted by Gasteiger charge is -2.28. The van der Waals surface area contributed by atoms with Crippen molar-refractivity contribution in [3.63, 3.8) is 0 Å². The number of anilines is 1. The summed E-state index contributed by atoms with van der Waals surface area (Å²) in [4.78, 5) is 2.39. The topological polar surface area (TPSA) is 15.3 Å². The molecule has 0 radical (unpaired) electrons. The third kappa shape index (κ3) is 3.74. The number of hydrogen-bond acceptors (Lipinski definition) is 2. The summed E-state index contributed by atoms with van der Waals surface area (Å²) in [7, 11) is 2.19. The van der Waals surface area contributed by atoms with Crippen LogP contribution in [0.1, 0.15) is 52.1 Å². The van der Waals surface area contributed by atoms with Gasteiger partial charge in [0.15, 0.2) is 0 Å². The van der Waals surface area contributed by atoms with Gasteiger partial charge in [-0.1, -0.05) is 32.9 Å². The van der Waals surface area contributed by atoms with Gasteiger partial charge in [0.05, 0.1) is 0 Å². The standard InChI is InChI=1S/C16H28N2/c1-6-15(7-2)18(5)16-11-9-14(10-12-16)13(4)17-8-3/h9-13,15,17H,6-8H2,1-5H3. The SMILES string of the molecule is CCNC(C)c1ccc(N(C)C(CC)CC)cc1. The van der Waals surface area contributed by atoms with Crippen LogP contribution in [0.25, 0.3) is 0 Å². The maximum Gasteiger partial charge on any atom is 0.0366 e. The molecule has 0 saturated carbocycles. The van der Waals surface area contributed by atoms with Crippen molar-refractivity contribution < 1.29 is 0 Å². The minimum absolute atomic E-state index is 0.433. The maximum absolute atomic E-state index is 3.44. The predicted molar refractivity (Wildman–Crippen MR) is 81.3 cm³/mol. The van der Waals surface area contributed by atoms with Gasteiger partial charge in [0.25, 0.3) is 0 Å². The number of nitrogens with one attached hydrogen (secondary N) is 1. The molecule has 0 spiro atoms. The monoisotopic (exact) mass is 248 g/mol. The lowest BCUT2D eigenvalue weighted by molar-refractivity contribution is 0.589. The summed E-state index contributed by atoms with van der Waals surface area (Å²) in [6, 6.07) is 10.0. The summed E-state index contributed by atoms with van der Waals surface area (Å²) in [6.07, 6.45) is 2.39.